The SMILES string of the molecule is CC[S+]([O-])C(C)C[N]C. The number of hydrogen-bond donors (Lipinski definition) is 0. The van der Waals surface area contributed by atoms with Crippen molar-refractivity contribution < 1.29 is 4.55 Å². The molecule has 0 aliphatic carbocycles. The maximum Gasteiger partial charge on any atom is 0.126 e. The van der Waals surface area contributed by atoms with Crippen LogP contribution >= 0.6 is 0 Å². The van der Waals surface area contributed by atoms with E-state index in [1.807, 2.05) is 13.8 Å². The summed E-state index contributed by atoms with van der Waals surface area (Å²) in [7, 11) is 1.75. The average Bonchev–Trinajstić information content (AvgIpc) is 1.87. The first kappa shape index (κ1) is 9.27. The van der Waals surface area contributed by atoms with Gasteiger partial charge in [0.1, 0.15) is 11.0 Å². The van der Waals surface area contributed by atoms with Crippen molar-refractivity contribution >= 4 is 11.2 Å². The van der Waals surface area contributed by atoms with Crippen LogP contribution in [0.5, 0.6) is 0 Å². The lowest BCUT2D eigenvalue weighted by Gasteiger charge is -2.14. The predicted octanol–water partition coefficient (Wildman–Crippen LogP) is 0.378. The fourth-order valence-electron chi connectivity index (χ4n) is 0.625. The van der Waals surface area contributed by atoms with E-state index in [-0.39, 0.29) is 5.25 Å². The maximum absolute atomic E-state index is 11.0. The van der Waals surface area contributed by atoms with Crippen LogP contribution in [0.1, 0.15) is 13.8 Å². The van der Waals surface area contributed by atoms with Crippen LogP contribution in [0.3, 0.4) is 0 Å². The van der Waals surface area contributed by atoms with Gasteiger partial charge in [-0.25, -0.2) is 5.32 Å². The highest BCUT2D eigenvalue weighted by Crippen LogP contribution is 1.99. The Bertz CT molecular complexity index is 70.1. The molecule has 2 nitrogen and oxygen atoms in total. The van der Waals surface area contributed by atoms with Gasteiger partial charge in [-0.05, 0) is 25.0 Å². The van der Waals surface area contributed by atoms with Crippen LogP contribution in [0, 0.1) is 0 Å². The Morgan fingerprint density at radius 3 is 2.56 bits per heavy atom. The highest BCUT2D eigenvalue weighted by molar-refractivity contribution is 7.91. The molecule has 0 aliphatic rings. The molecular weight excluding hydrogens is 134 g/mol. The second kappa shape index (κ2) is 5.09. The molecule has 2 atom stereocenters. The van der Waals surface area contributed by atoms with Crippen molar-refractivity contribution in [3.05, 3.63) is 0 Å². The Kier molecular flexibility index (Phi) is 5.24. The first-order valence-electron chi connectivity index (χ1n) is 3.15. The van der Waals surface area contributed by atoms with Gasteiger partial charge in [0.05, 0.1) is 6.54 Å². The Hall–Kier alpha value is 0.270. The second-order valence-corrected chi connectivity index (χ2v) is 4.12. The highest BCUT2D eigenvalue weighted by atomic mass is 32.2. The van der Waals surface area contributed by atoms with Gasteiger partial charge in [0.25, 0.3) is 0 Å². The van der Waals surface area contributed by atoms with E-state index in [1.165, 1.54) is 0 Å². The molecular formula is C6H14NOS. The van der Waals surface area contributed by atoms with E-state index in [0.29, 0.717) is 0 Å². The van der Waals surface area contributed by atoms with Gasteiger partial charge in [-0.15, -0.1) is 0 Å². The van der Waals surface area contributed by atoms with Crippen LogP contribution < -0.4 is 5.32 Å². The van der Waals surface area contributed by atoms with Gasteiger partial charge < -0.3 is 4.55 Å². The van der Waals surface area contributed by atoms with Gasteiger partial charge in [-0.3, -0.25) is 0 Å². The van der Waals surface area contributed by atoms with Crippen molar-refractivity contribution in [3.63, 3.8) is 0 Å². The van der Waals surface area contributed by atoms with Gasteiger partial charge in [-0.2, -0.15) is 0 Å². The second-order valence-electron chi connectivity index (χ2n) is 1.98. The van der Waals surface area contributed by atoms with Crippen LogP contribution in [-0.4, -0.2) is 29.1 Å². The molecule has 2 unspecified atom stereocenters. The van der Waals surface area contributed by atoms with E-state index in [9.17, 15) is 4.55 Å². The zero-order valence-corrected chi connectivity index (χ0v) is 7.07. The Morgan fingerprint density at radius 2 is 2.22 bits per heavy atom. The Morgan fingerprint density at radius 1 is 1.67 bits per heavy atom. The molecule has 0 aromatic rings. The molecule has 0 saturated carbocycles. The summed E-state index contributed by atoms with van der Waals surface area (Å²) in [5, 5.41) is 4.15. The van der Waals surface area contributed by atoms with Crippen LogP contribution in [0.4, 0.5) is 0 Å². The molecule has 0 saturated heterocycles. The van der Waals surface area contributed by atoms with Gasteiger partial charge in [0.2, 0.25) is 0 Å². The van der Waals surface area contributed by atoms with Gasteiger partial charge in [0, 0.05) is 7.05 Å². The molecule has 9 heavy (non-hydrogen) atoms. The fraction of sp³-hybridized carbons (Fsp3) is 1.00. The molecule has 0 bridgehead atoms. The number of rotatable bonds is 4. The third-order valence-corrected chi connectivity index (χ3v) is 2.79. The normalized spacial score (nSPS) is 17.3. The molecule has 0 aromatic carbocycles. The molecule has 0 spiro atoms. The summed E-state index contributed by atoms with van der Waals surface area (Å²) < 4.78 is 11.0. The van der Waals surface area contributed by atoms with E-state index < -0.39 is 11.2 Å². The van der Waals surface area contributed by atoms with Crippen LogP contribution in [-0.2, 0) is 11.2 Å². The van der Waals surface area contributed by atoms with Crippen molar-refractivity contribution in [2.24, 2.45) is 0 Å². The van der Waals surface area contributed by atoms with Crippen molar-refractivity contribution in [1.82, 2.24) is 5.32 Å². The third-order valence-electron chi connectivity index (χ3n) is 1.17. The minimum absolute atomic E-state index is 0.236. The van der Waals surface area contributed by atoms with Crippen LogP contribution in [0.25, 0.3) is 0 Å². The summed E-state index contributed by atoms with van der Waals surface area (Å²) >= 11 is -0.665. The quantitative estimate of drug-likeness (QED) is 0.531. The smallest absolute Gasteiger partial charge is 0.126 e. The monoisotopic (exact) mass is 148 g/mol. The maximum atomic E-state index is 11.0. The van der Waals surface area contributed by atoms with Crippen LogP contribution in [0.15, 0.2) is 0 Å². The first-order valence-corrected chi connectivity index (χ1v) is 4.53. The number of hydrogen-bond acceptors (Lipinski definition) is 1. The summed E-state index contributed by atoms with van der Waals surface area (Å²) in [4.78, 5) is 0. The van der Waals surface area contributed by atoms with Gasteiger partial charge >= 0.3 is 0 Å². The Labute approximate surface area is 60.2 Å². The van der Waals surface area contributed by atoms with E-state index in [1.54, 1.807) is 7.05 Å². The van der Waals surface area contributed by atoms with Gasteiger partial charge in [-0.1, -0.05) is 0 Å². The first-order chi connectivity index (χ1) is 4.22. The molecule has 55 valence electrons. The third kappa shape index (κ3) is 3.78. The van der Waals surface area contributed by atoms with Crippen molar-refractivity contribution in [2.75, 3.05) is 19.3 Å². The van der Waals surface area contributed by atoms with Crippen molar-refractivity contribution in [1.29, 1.82) is 0 Å². The summed E-state index contributed by atoms with van der Waals surface area (Å²) in [6.07, 6.45) is 0. The lowest BCUT2D eigenvalue weighted by molar-refractivity contribution is 0.578. The van der Waals surface area contributed by atoms with E-state index >= 15 is 0 Å². The minimum atomic E-state index is -0.665. The zero-order valence-electron chi connectivity index (χ0n) is 6.26. The fourth-order valence-corrected chi connectivity index (χ4v) is 1.51. The molecule has 3 heteroatoms. The number of nitrogens with zero attached hydrogens (tertiary/aromatic N) is 1. The highest BCUT2D eigenvalue weighted by Gasteiger charge is 2.12. The lowest BCUT2D eigenvalue weighted by Crippen LogP contribution is -2.27. The van der Waals surface area contributed by atoms with Crippen LogP contribution in [0.2, 0.25) is 0 Å². The minimum Gasteiger partial charge on any atom is -0.616 e. The average molecular weight is 148 g/mol. The van der Waals surface area contributed by atoms with E-state index in [0.717, 1.165) is 12.3 Å². The lowest BCUT2D eigenvalue weighted by atomic mass is 10.5. The molecule has 0 aliphatic heterocycles. The predicted molar refractivity (Wildman–Crippen MR) is 41.1 cm³/mol. The zero-order chi connectivity index (χ0) is 7.28. The molecule has 1 radical (unpaired) electrons. The molecule has 0 aromatic heterocycles. The largest absolute Gasteiger partial charge is 0.616 e. The van der Waals surface area contributed by atoms with Crippen molar-refractivity contribution in [2.45, 2.75) is 19.1 Å². The molecule has 0 fully saturated rings. The summed E-state index contributed by atoms with van der Waals surface area (Å²) in [6, 6.07) is 0. The van der Waals surface area contributed by atoms with E-state index in [4.69, 9.17) is 0 Å². The van der Waals surface area contributed by atoms with Gasteiger partial charge in [0.15, 0.2) is 0 Å². The van der Waals surface area contributed by atoms with E-state index in [2.05, 4.69) is 5.32 Å². The Balaban J connectivity index is 3.32. The summed E-state index contributed by atoms with van der Waals surface area (Å²) in [5.74, 6) is 0.747. The topological polar surface area (TPSA) is 37.2 Å². The summed E-state index contributed by atoms with van der Waals surface area (Å²) in [5.41, 5.74) is 0. The standard InChI is InChI=1S/C6H14NOS/c1-4-9(8)6(2)5-7-3/h6H,4-5H2,1-3H3. The van der Waals surface area contributed by atoms with Crippen molar-refractivity contribution in [3.8, 4) is 0 Å². The molecule has 0 amide bonds. The molecule has 0 N–H and O–H groups in total. The molecule has 0 heterocycles. The molecule has 0 rings (SSSR count). The summed E-state index contributed by atoms with van der Waals surface area (Å²) in [6.45, 7) is 4.62.